The Hall–Kier alpha value is -1.96. The predicted octanol–water partition coefficient (Wildman–Crippen LogP) is 2.22. The number of benzene rings is 1. The van der Waals surface area contributed by atoms with Gasteiger partial charge in [0.25, 0.3) is 0 Å². The molecule has 3 heterocycles. The standard InChI is InChI=1S/C18H21N3O3S/c1-14-4-6-17(7-5-14)25(22,23)24-21-10-8-15-12-20(13-18(15)21)16-3-2-9-19-11-16/h2-7,9,11,15,18H,8,10,12-13H2,1H3/t15-,18+/m0/s1. The summed E-state index contributed by atoms with van der Waals surface area (Å²) in [5.74, 6) is 0.411. The van der Waals surface area contributed by atoms with Crippen LogP contribution in [-0.2, 0) is 14.4 Å². The molecular formula is C18H21N3O3S. The van der Waals surface area contributed by atoms with Crippen molar-refractivity contribution in [2.24, 2.45) is 5.92 Å². The monoisotopic (exact) mass is 359 g/mol. The summed E-state index contributed by atoms with van der Waals surface area (Å²) in [7, 11) is -3.79. The van der Waals surface area contributed by atoms with Gasteiger partial charge in [-0.05, 0) is 43.5 Å². The lowest BCUT2D eigenvalue weighted by atomic mass is 10.1. The average Bonchev–Trinajstić information content (AvgIpc) is 3.18. The zero-order chi connectivity index (χ0) is 17.4. The number of anilines is 1. The minimum atomic E-state index is -3.79. The molecule has 0 aliphatic carbocycles. The Balaban J connectivity index is 1.48. The number of hydrogen-bond acceptors (Lipinski definition) is 6. The van der Waals surface area contributed by atoms with E-state index in [0.29, 0.717) is 12.5 Å². The third kappa shape index (κ3) is 3.27. The van der Waals surface area contributed by atoms with E-state index in [9.17, 15) is 8.42 Å². The second-order valence-corrected chi connectivity index (χ2v) is 8.24. The quantitative estimate of drug-likeness (QED) is 0.834. The summed E-state index contributed by atoms with van der Waals surface area (Å²) < 4.78 is 30.6. The number of aromatic nitrogens is 1. The van der Waals surface area contributed by atoms with Gasteiger partial charge in [0.2, 0.25) is 0 Å². The van der Waals surface area contributed by atoms with Crippen LogP contribution in [0, 0.1) is 12.8 Å². The van der Waals surface area contributed by atoms with E-state index in [2.05, 4.69) is 9.88 Å². The van der Waals surface area contributed by atoms with Gasteiger partial charge in [-0.1, -0.05) is 17.7 Å². The molecule has 2 aliphatic heterocycles. The summed E-state index contributed by atoms with van der Waals surface area (Å²) in [6.07, 6.45) is 4.53. The van der Waals surface area contributed by atoms with Gasteiger partial charge in [-0.25, -0.2) is 0 Å². The molecule has 4 rings (SSSR count). The first-order chi connectivity index (χ1) is 12.0. The number of hydroxylamine groups is 2. The SMILES string of the molecule is Cc1ccc(S(=O)(=O)ON2CC[C@H]3CN(c4cccnc4)C[C@H]32)cc1. The van der Waals surface area contributed by atoms with E-state index >= 15 is 0 Å². The van der Waals surface area contributed by atoms with Crippen molar-refractivity contribution >= 4 is 15.8 Å². The highest BCUT2D eigenvalue weighted by Crippen LogP contribution is 2.35. The van der Waals surface area contributed by atoms with E-state index in [4.69, 9.17) is 4.28 Å². The summed E-state index contributed by atoms with van der Waals surface area (Å²) in [6, 6.07) is 10.8. The van der Waals surface area contributed by atoms with Gasteiger partial charge in [0.05, 0.1) is 22.8 Å². The highest BCUT2D eigenvalue weighted by molar-refractivity contribution is 7.86. The third-order valence-electron chi connectivity index (χ3n) is 5.01. The number of pyridine rings is 1. The van der Waals surface area contributed by atoms with Crippen LogP contribution in [0.1, 0.15) is 12.0 Å². The molecule has 1 aromatic heterocycles. The topological polar surface area (TPSA) is 62.7 Å². The summed E-state index contributed by atoms with van der Waals surface area (Å²) in [4.78, 5) is 6.61. The Morgan fingerprint density at radius 3 is 2.68 bits per heavy atom. The van der Waals surface area contributed by atoms with Gasteiger partial charge < -0.3 is 4.90 Å². The van der Waals surface area contributed by atoms with E-state index in [1.54, 1.807) is 35.5 Å². The summed E-state index contributed by atoms with van der Waals surface area (Å²) in [5, 5.41) is 1.65. The van der Waals surface area contributed by atoms with E-state index < -0.39 is 10.1 Å². The maximum Gasteiger partial charge on any atom is 0.313 e. The van der Waals surface area contributed by atoms with Crippen LogP contribution in [0.15, 0.2) is 53.7 Å². The molecule has 0 bridgehead atoms. The van der Waals surface area contributed by atoms with Crippen molar-refractivity contribution in [2.45, 2.75) is 24.3 Å². The van der Waals surface area contributed by atoms with Crippen molar-refractivity contribution in [3.63, 3.8) is 0 Å². The Morgan fingerprint density at radius 2 is 1.96 bits per heavy atom. The first-order valence-electron chi connectivity index (χ1n) is 8.46. The molecule has 2 aromatic rings. The van der Waals surface area contributed by atoms with Crippen molar-refractivity contribution in [2.75, 3.05) is 24.5 Å². The smallest absolute Gasteiger partial charge is 0.313 e. The first-order valence-corrected chi connectivity index (χ1v) is 9.87. The lowest BCUT2D eigenvalue weighted by molar-refractivity contribution is -0.0619. The van der Waals surface area contributed by atoms with Crippen molar-refractivity contribution in [1.29, 1.82) is 0 Å². The summed E-state index contributed by atoms with van der Waals surface area (Å²) in [5.41, 5.74) is 2.08. The van der Waals surface area contributed by atoms with Crippen LogP contribution in [-0.4, -0.2) is 44.1 Å². The van der Waals surface area contributed by atoms with Crippen LogP contribution in [0.2, 0.25) is 0 Å². The van der Waals surface area contributed by atoms with Crippen LogP contribution < -0.4 is 4.90 Å². The van der Waals surface area contributed by atoms with Crippen LogP contribution >= 0.6 is 0 Å². The van der Waals surface area contributed by atoms with Gasteiger partial charge in [-0.2, -0.15) is 17.8 Å². The highest BCUT2D eigenvalue weighted by atomic mass is 32.2. The van der Waals surface area contributed by atoms with Gasteiger partial charge in [0, 0.05) is 25.8 Å². The van der Waals surface area contributed by atoms with Gasteiger partial charge in [0.1, 0.15) is 0 Å². The molecule has 2 atom stereocenters. The molecule has 1 aromatic carbocycles. The maximum absolute atomic E-state index is 12.6. The second kappa shape index (κ2) is 6.40. The fourth-order valence-electron chi connectivity index (χ4n) is 3.64. The Labute approximate surface area is 148 Å². The van der Waals surface area contributed by atoms with E-state index in [-0.39, 0.29) is 10.9 Å². The molecule has 0 N–H and O–H groups in total. The van der Waals surface area contributed by atoms with E-state index in [1.165, 1.54) is 0 Å². The van der Waals surface area contributed by atoms with Crippen molar-refractivity contribution in [1.82, 2.24) is 10.0 Å². The largest absolute Gasteiger partial charge is 0.368 e. The normalized spacial score (nSPS) is 23.8. The molecular weight excluding hydrogens is 338 g/mol. The Bertz CT molecular complexity index is 840. The average molecular weight is 359 g/mol. The molecule has 0 saturated carbocycles. The molecule has 25 heavy (non-hydrogen) atoms. The summed E-state index contributed by atoms with van der Waals surface area (Å²) in [6.45, 7) is 4.22. The zero-order valence-corrected chi connectivity index (χ0v) is 14.9. The van der Waals surface area contributed by atoms with Crippen molar-refractivity contribution in [3.8, 4) is 0 Å². The van der Waals surface area contributed by atoms with Gasteiger partial charge >= 0.3 is 10.1 Å². The van der Waals surface area contributed by atoms with Gasteiger partial charge in [0.15, 0.2) is 0 Å². The fraction of sp³-hybridized carbons (Fsp3) is 0.389. The van der Waals surface area contributed by atoms with Crippen molar-refractivity contribution < 1.29 is 12.7 Å². The number of aryl methyl sites for hydroxylation is 1. The summed E-state index contributed by atoms with van der Waals surface area (Å²) >= 11 is 0. The Kier molecular flexibility index (Phi) is 4.23. The molecule has 0 spiro atoms. The molecule has 0 unspecified atom stereocenters. The number of fused-ring (bicyclic) bond motifs is 1. The molecule has 132 valence electrons. The lowest BCUT2D eigenvalue weighted by Crippen LogP contribution is -2.37. The lowest BCUT2D eigenvalue weighted by Gasteiger charge is -2.24. The first kappa shape index (κ1) is 16.5. The molecule has 2 saturated heterocycles. The fourth-order valence-corrected chi connectivity index (χ4v) is 4.63. The van der Waals surface area contributed by atoms with Crippen LogP contribution in [0.5, 0.6) is 0 Å². The maximum atomic E-state index is 12.6. The zero-order valence-electron chi connectivity index (χ0n) is 14.1. The molecule has 2 aliphatic rings. The van der Waals surface area contributed by atoms with Crippen LogP contribution in [0.25, 0.3) is 0 Å². The van der Waals surface area contributed by atoms with E-state index in [0.717, 1.165) is 30.8 Å². The van der Waals surface area contributed by atoms with Gasteiger partial charge in [-0.3, -0.25) is 4.98 Å². The minimum absolute atomic E-state index is 0.0837. The van der Waals surface area contributed by atoms with Crippen molar-refractivity contribution in [3.05, 3.63) is 54.4 Å². The van der Waals surface area contributed by atoms with Crippen LogP contribution in [0.4, 0.5) is 5.69 Å². The third-order valence-corrected chi connectivity index (χ3v) is 6.25. The second-order valence-electron chi connectivity index (χ2n) is 6.71. The van der Waals surface area contributed by atoms with Gasteiger partial charge in [-0.15, -0.1) is 0 Å². The van der Waals surface area contributed by atoms with Crippen LogP contribution in [0.3, 0.4) is 0 Å². The molecule has 0 radical (unpaired) electrons. The molecule has 6 nitrogen and oxygen atoms in total. The number of rotatable bonds is 4. The number of nitrogens with zero attached hydrogens (tertiary/aromatic N) is 3. The molecule has 7 heteroatoms. The predicted molar refractivity (Wildman–Crippen MR) is 94.5 cm³/mol. The Morgan fingerprint density at radius 1 is 1.16 bits per heavy atom. The number of hydrogen-bond donors (Lipinski definition) is 0. The highest BCUT2D eigenvalue weighted by Gasteiger charge is 2.44. The molecule has 2 fully saturated rings. The van der Waals surface area contributed by atoms with E-state index in [1.807, 2.05) is 25.3 Å². The minimum Gasteiger partial charge on any atom is -0.368 e. The molecule has 0 amide bonds.